The fourth-order valence-corrected chi connectivity index (χ4v) is 2.53. The highest BCUT2D eigenvalue weighted by atomic mass is 35.5. The maximum atomic E-state index is 12.1. The first kappa shape index (κ1) is 17.3. The van der Waals surface area contributed by atoms with Gasteiger partial charge in [-0.05, 0) is 17.7 Å². The highest BCUT2D eigenvalue weighted by Crippen LogP contribution is 2.09. The average molecular weight is 338 g/mol. The first-order valence-corrected chi connectivity index (χ1v) is 7.88. The second kappa shape index (κ2) is 7.97. The van der Waals surface area contributed by atoms with Gasteiger partial charge in [-0.15, -0.1) is 0 Å². The Morgan fingerprint density at radius 2 is 1.61 bits per heavy atom. The lowest BCUT2D eigenvalue weighted by Crippen LogP contribution is -2.52. The predicted octanol–water partition coefficient (Wildman–Crippen LogP) is 0.689. The molecule has 2 rings (SSSR count). The van der Waals surface area contributed by atoms with Gasteiger partial charge in [0.25, 0.3) is 0 Å². The van der Waals surface area contributed by atoms with Gasteiger partial charge < -0.3 is 15.1 Å². The van der Waals surface area contributed by atoms with Crippen molar-refractivity contribution < 1.29 is 14.4 Å². The third kappa shape index (κ3) is 5.25. The van der Waals surface area contributed by atoms with E-state index in [0.29, 0.717) is 31.2 Å². The van der Waals surface area contributed by atoms with Gasteiger partial charge in [-0.25, -0.2) is 0 Å². The number of carbonyl (C=O) groups is 3. The molecule has 6 nitrogen and oxygen atoms in total. The van der Waals surface area contributed by atoms with Crippen molar-refractivity contribution in [2.24, 2.45) is 0 Å². The van der Waals surface area contributed by atoms with Gasteiger partial charge in [0.15, 0.2) is 0 Å². The zero-order valence-corrected chi connectivity index (χ0v) is 13.8. The minimum Gasteiger partial charge on any atom is -0.347 e. The molecule has 0 radical (unpaired) electrons. The number of amides is 3. The van der Waals surface area contributed by atoms with Crippen molar-refractivity contribution in [2.75, 3.05) is 32.7 Å². The van der Waals surface area contributed by atoms with E-state index in [-0.39, 0.29) is 30.7 Å². The minimum atomic E-state index is -0.206. The largest absolute Gasteiger partial charge is 0.347 e. The molecule has 3 amide bonds. The lowest BCUT2D eigenvalue weighted by atomic mass is 10.1. The van der Waals surface area contributed by atoms with Gasteiger partial charge in [0.2, 0.25) is 17.7 Å². The van der Waals surface area contributed by atoms with Crippen LogP contribution in [0.1, 0.15) is 12.5 Å². The van der Waals surface area contributed by atoms with E-state index in [1.165, 1.54) is 6.92 Å². The Hall–Kier alpha value is -2.08. The fourth-order valence-electron chi connectivity index (χ4n) is 2.41. The van der Waals surface area contributed by atoms with E-state index in [1.807, 2.05) is 0 Å². The van der Waals surface area contributed by atoms with Gasteiger partial charge in [0, 0.05) is 38.1 Å². The van der Waals surface area contributed by atoms with Crippen molar-refractivity contribution >= 4 is 29.3 Å². The number of piperazine rings is 1. The Bertz CT molecular complexity index is 581. The zero-order chi connectivity index (χ0) is 16.8. The summed E-state index contributed by atoms with van der Waals surface area (Å²) in [4.78, 5) is 38.5. The maximum Gasteiger partial charge on any atom is 0.242 e. The molecule has 23 heavy (non-hydrogen) atoms. The SMILES string of the molecule is CC(=O)N1CCN(C(=O)CNC(=O)Cc2ccc(Cl)cc2)CC1. The second-order valence-electron chi connectivity index (χ2n) is 5.47. The van der Waals surface area contributed by atoms with Crippen molar-refractivity contribution in [1.82, 2.24) is 15.1 Å². The molecule has 124 valence electrons. The molecule has 7 heteroatoms. The lowest BCUT2D eigenvalue weighted by molar-refractivity contribution is -0.138. The molecule has 0 spiro atoms. The monoisotopic (exact) mass is 337 g/mol. The number of hydrogen-bond donors (Lipinski definition) is 1. The van der Waals surface area contributed by atoms with E-state index >= 15 is 0 Å². The van der Waals surface area contributed by atoms with Gasteiger partial charge in [-0.3, -0.25) is 14.4 Å². The summed E-state index contributed by atoms with van der Waals surface area (Å²) in [7, 11) is 0. The van der Waals surface area contributed by atoms with Gasteiger partial charge in [0.05, 0.1) is 13.0 Å². The molecule has 0 atom stereocenters. The Balaban J connectivity index is 1.73. The van der Waals surface area contributed by atoms with Gasteiger partial charge in [0.1, 0.15) is 0 Å². The summed E-state index contributed by atoms with van der Waals surface area (Å²) < 4.78 is 0. The summed E-state index contributed by atoms with van der Waals surface area (Å²) in [6.45, 7) is 3.59. The molecule has 1 aromatic carbocycles. The molecule has 1 heterocycles. The van der Waals surface area contributed by atoms with Crippen molar-refractivity contribution in [3.05, 3.63) is 34.9 Å². The summed E-state index contributed by atoms with van der Waals surface area (Å²) >= 11 is 5.79. The van der Waals surface area contributed by atoms with Crippen LogP contribution in [0, 0.1) is 0 Å². The zero-order valence-electron chi connectivity index (χ0n) is 13.0. The maximum absolute atomic E-state index is 12.1. The van der Waals surface area contributed by atoms with Crippen LogP contribution in [-0.4, -0.2) is 60.2 Å². The van der Waals surface area contributed by atoms with Crippen LogP contribution < -0.4 is 5.32 Å². The average Bonchev–Trinajstić information content (AvgIpc) is 2.55. The number of halogens is 1. The fraction of sp³-hybridized carbons (Fsp3) is 0.438. The molecule has 0 unspecified atom stereocenters. The molecular weight excluding hydrogens is 318 g/mol. The van der Waals surface area contributed by atoms with Crippen LogP contribution in [0.4, 0.5) is 0 Å². The molecule has 0 bridgehead atoms. The van der Waals surface area contributed by atoms with Crippen LogP contribution in [0.5, 0.6) is 0 Å². The topological polar surface area (TPSA) is 69.7 Å². The Morgan fingerprint density at radius 1 is 1.04 bits per heavy atom. The van der Waals surface area contributed by atoms with Crippen LogP contribution >= 0.6 is 11.6 Å². The van der Waals surface area contributed by atoms with Crippen molar-refractivity contribution in [1.29, 1.82) is 0 Å². The number of nitrogens with one attached hydrogen (secondary N) is 1. The second-order valence-corrected chi connectivity index (χ2v) is 5.90. The van der Waals surface area contributed by atoms with Crippen LogP contribution in [0.3, 0.4) is 0 Å². The molecule has 1 aliphatic rings. The molecule has 1 aromatic rings. The summed E-state index contributed by atoms with van der Waals surface area (Å²) in [5.74, 6) is -0.311. The molecule has 0 aromatic heterocycles. The molecule has 0 aliphatic carbocycles. The van der Waals surface area contributed by atoms with Crippen molar-refractivity contribution in [3.8, 4) is 0 Å². The highest BCUT2D eigenvalue weighted by Gasteiger charge is 2.22. The van der Waals surface area contributed by atoms with Crippen LogP contribution in [0.25, 0.3) is 0 Å². The van der Waals surface area contributed by atoms with Crippen molar-refractivity contribution in [2.45, 2.75) is 13.3 Å². The third-order valence-corrected chi connectivity index (χ3v) is 4.04. The lowest BCUT2D eigenvalue weighted by Gasteiger charge is -2.34. The van der Waals surface area contributed by atoms with E-state index in [4.69, 9.17) is 11.6 Å². The first-order chi connectivity index (χ1) is 11.0. The number of nitrogens with zero attached hydrogens (tertiary/aromatic N) is 2. The number of hydrogen-bond acceptors (Lipinski definition) is 3. The molecule has 1 N–H and O–H groups in total. The normalized spacial score (nSPS) is 14.5. The van der Waals surface area contributed by atoms with E-state index in [1.54, 1.807) is 34.1 Å². The summed E-state index contributed by atoms with van der Waals surface area (Å²) in [5.41, 5.74) is 0.842. The van der Waals surface area contributed by atoms with E-state index in [0.717, 1.165) is 5.56 Å². The Kier molecular flexibility index (Phi) is 5.98. The van der Waals surface area contributed by atoms with Gasteiger partial charge >= 0.3 is 0 Å². The quantitative estimate of drug-likeness (QED) is 0.879. The van der Waals surface area contributed by atoms with E-state index in [2.05, 4.69) is 5.32 Å². The van der Waals surface area contributed by atoms with Crippen LogP contribution in [-0.2, 0) is 20.8 Å². The van der Waals surface area contributed by atoms with Crippen LogP contribution in [0.15, 0.2) is 24.3 Å². The number of benzene rings is 1. The summed E-state index contributed by atoms with van der Waals surface area (Å²) in [5, 5.41) is 3.25. The minimum absolute atomic E-state index is 0.0213. The molecule has 1 fully saturated rings. The summed E-state index contributed by atoms with van der Waals surface area (Å²) in [6.07, 6.45) is 0.211. The first-order valence-electron chi connectivity index (χ1n) is 7.50. The van der Waals surface area contributed by atoms with Crippen LogP contribution in [0.2, 0.25) is 5.02 Å². The number of carbonyl (C=O) groups excluding carboxylic acids is 3. The molecular formula is C16H20ClN3O3. The number of rotatable bonds is 4. The highest BCUT2D eigenvalue weighted by molar-refractivity contribution is 6.30. The van der Waals surface area contributed by atoms with Crippen molar-refractivity contribution in [3.63, 3.8) is 0 Å². The van der Waals surface area contributed by atoms with Gasteiger partial charge in [-0.2, -0.15) is 0 Å². The Morgan fingerprint density at radius 3 is 2.17 bits per heavy atom. The Labute approximate surface area is 140 Å². The van der Waals surface area contributed by atoms with E-state index in [9.17, 15) is 14.4 Å². The molecule has 0 saturated carbocycles. The smallest absolute Gasteiger partial charge is 0.242 e. The van der Waals surface area contributed by atoms with Gasteiger partial charge in [-0.1, -0.05) is 23.7 Å². The third-order valence-electron chi connectivity index (χ3n) is 3.79. The predicted molar refractivity (Wildman–Crippen MR) is 87.0 cm³/mol. The molecule has 1 aliphatic heterocycles. The summed E-state index contributed by atoms with van der Waals surface area (Å²) in [6, 6.07) is 7.02. The molecule has 1 saturated heterocycles. The standard InChI is InChI=1S/C16H20ClN3O3/c1-12(21)19-6-8-20(9-7-19)16(23)11-18-15(22)10-13-2-4-14(17)5-3-13/h2-5H,6-11H2,1H3,(H,18,22). The van der Waals surface area contributed by atoms with E-state index < -0.39 is 0 Å².